The van der Waals surface area contributed by atoms with Crippen LogP contribution in [0.1, 0.15) is 0 Å². The predicted molar refractivity (Wildman–Crippen MR) is 119 cm³/mol. The third-order valence-corrected chi connectivity index (χ3v) is 6.83. The first-order valence-electron chi connectivity index (χ1n) is 10.9. The molecule has 0 rings (SSSR count). The predicted octanol–water partition coefficient (Wildman–Crippen LogP) is 0.627. The number of methoxy groups -OCH3 is 1. The van der Waals surface area contributed by atoms with Gasteiger partial charge in [0.1, 0.15) is 0 Å². The number of ether oxygens (including phenoxy) is 8. The zero-order valence-corrected chi connectivity index (χ0v) is 21.3. The molecule has 12 heteroatoms. The molecule has 0 bridgehead atoms. The molecule has 0 N–H and O–H groups in total. The fraction of sp³-hybridized carbons (Fsp3) is 1.00. The van der Waals surface area contributed by atoms with Gasteiger partial charge in [-0.05, 0) is 0 Å². The van der Waals surface area contributed by atoms with Crippen molar-refractivity contribution in [3.63, 3.8) is 0 Å². The minimum atomic E-state index is -2.55. The Morgan fingerprint density at radius 2 is 0.594 bits per heavy atom. The Kier molecular flexibility index (Phi) is 25.2. The number of rotatable bonds is 27. The van der Waals surface area contributed by atoms with E-state index in [1.54, 1.807) is 28.4 Å². The average molecular weight is 489 g/mol. The molecule has 0 radical (unpaired) electrons. The lowest BCUT2D eigenvalue weighted by Crippen LogP contribution is -2.43. The second kappa shape index (κ2) is 25.4. The van der Waals surface area contributed by atoms with E-state index in [2.05, 4.69) is 0 Å². The lowest BCUT2D eigenvalue weighted by Gasteiger charge is -2.24. The molecule has 0 aliphatic carbocycles. The van der Waals surface area contributed by atoms with Gasteiger partial charge in [-0.15, -0.1) is 0 Å². The van der Waals surface area contributed by atoms with E-state index in [-0.39, 0.29) is 0 Å². The summed E-state index contributed by atoms with van der Waals surface area (Å²) >= 11 is 0. The van der Waals surface area contributed by atoms with Crippen LogP contribution in [0, 0.1) is 0 Å². The van der Waals surface area contributed by atoms with Gasteiger partial charge in [0, 0.05) is 34.5 Å². The molecule has 0 fully saturated rings. The summed E-state index contributed by atoms with van der Waals surface area (Å²) in [6, 6.07) is 0.601. The van der Waals surface area contributed by atoms with Gasteiger partial charge < -0.3 is 51.2 Å². The lowest BCUT2D eigenvalue weighted by molar-refractivity contribution is -0.0220. The third-order valence-electron chi connectivity index (χ3n) is 4.15. The van der Waals surface area contributed by atoms with Gasteiger partial charge in [-0.1, -0.05) is 0 Å². The maximum atomic E-state index is 5.51. The van der Waals surface area contributed by atoms with E-state index in [1.807, 2.05) is 0 Å². The van der Waals surface area contributed by atoms with E-state index in [0.717, 1.165) is 0 Å². The molecular weight excluding hydrogens is 444 g/mol. The van der Waals surface area contributed by atoms with Crippen molar-refractivity contribution in [3.05, 3.63) is 0 Å². The van der Waals surface area contributed by atoms with E-state index in [1.165, 1.54) is 0 Å². The van der Waals surface area contributed by atoms with Gasteiger partial charge in [0.2, 0.25) is 0 Å². The van der Waals surface area contributed by atoms with E-state index in [4.69, 9.17) is 51.2 Å². The molecule has 0 spiro atoms. The molecule has 0 heterocycles. The third kappa shape index (κ3) is 20.4. The molecule has 0 amide bonds. The van der Waals surface area contributed by atoms with Crippen molar-refractivity contribution in [2.45, 2.75) is 6.04 Å². The molecule has 0 aliphatic heterocycles. The van der Waals surface area contributed by atoms with Crippen LogP contribution in [0.2, 0.25) is 6.04 Å². The van der Waals surface area contributed by atoms with Crippen molar-refractivity contribution in [1.82, 2.24) is 0 Å². The summed E-state index contributed by atoms with van der Waals surface area (Å²) in [5.41, 5.74) is 0. The van der Waals surface area contributed by atoms with E-state index < -0.39 is 8.80 Å². The smallest absolute Gasteiger partial charge is 0.382 e. The first-order chi connectivity index (χ1) is 15.7. The Morgan fingerprint density at radius 3 is 0.844 bits per heavy atom. The monoisotopic (exact) mass is 488 g/mol. The molecule has 0 aliphatic rings. The van der Waals surface area contributed by atoms with Crippen molar-refractivity contribution < 1.29 is 51.2 Å². The van der Waals surface area contributed by atoms with Crippen LogP contribution in [0.15, 0.2) is 0 Å². The summed E-state index contributed by atoms with van der Waals surface area (Å²) in [6.07, 6.45) is 0. The van der Waals surface area contributed by atoms with Crippen LogP contribution in [0.4, 0.5) is 0 Å². The van der Waals surface area contributed by atoms with Crippen molar-refractivity contribution in [2.75, 3.05) is 128 Å². The lowest BCUT2D eigenvalue weighted by atomic mass is 10.6. The topological polar surface area (TPSA) is 102 Å². The molecular formula is C20H44O11Si. The Hall–Kier alpha value is -0.223. The Balaban J connectivity index is 3.15. The van der Waals surface area contributed by atoms with E-state index in [0.29, 0.717) is 105 Å². The van der Waals surface area contributed by atoms with Crippen molar-refractivity contribution in [3.8, 4) is 0 Å². The van der Waals surface area contributed by atoms with Crippen LogP contribution in [-0.4, -0.2) is 136 Å². The molecule has 11 nitrogen and oxygen atoms in total. The fourth-order valence-electron chi connectivity index (χ4n) is 2.32. The van der Waals surface area contributed by atoms with Gasteiger partial charge in [0.25, 0.3) is 0 Å². The van der Waals surface area contributed by atoms with E-state index in [9.17, 15) is 0 Å². The highest BCUT2D eigenvalue weighted by Gasteiger charge is 2.37. The van der Waals surface area contributed by atoms with Crippen molar-refractivity contribution >= 4 is 8.80 Å². The highest BCUT2D eigenvalue weighted by atomic mass is 28.4. The summed E-state index contributed by atoms with van der Waals surface area (Å²) < 4.78 is 58.8. The molecule has 0 aromatic carbocycles. The zero-order valence-electron chi connectivity index (χ0n) is 20.3. The number of hydrogen-bond donors (Lipinski definition) is 0. The Bertz CT molecular complexity index is 354. The first kappa shape index (κ1) is 31.8. The SMILES string of the molecule is COCCOCCOCCOCCOCCOCCOCCOCC[Si](OC)(OC)OC. The summed E-state index contributed by atoms with van der Waals surface area (Å²) in [5, 5.41) is 0. The maximum absolute atomic E-state index is 5.51. The van der Waals surface area contributed by atoms with Gasteiger partial charge in [-0.2, -0.15) is 0 Å². The van der Waals surface area contributed by atoms with Gasteiger partial charge in [0.05, 0.1) is 99.1 Å². The summed E-state index contributed by atoms with van der Waals surface area (Å²) in [4.78, 5) is 0. The largest absolute Gasteiger partial charge is 0.502 e. The van der Waals surface area contributed by atoms with Crippen LogP contribution < -0.4 is 0 Å². The molecule has 0 saturated carbocycles. The molecule has 0 unspecified atom stereocenters. The van der Waals surface area contributed by atoms with Crippen LogP contribution in [0.25, 0.3) is 0 Å². The standard InChI is InChI=1S/C20H44O11Si/c1-21-5-6-25-7-8-26-9-10-27-11-12-28-13-14-29-15-16-30-17-18-31-19-20-32(22-2,23-3)24-4/h5-20H2,1-4H3. The number of hydrogen-bond acceptors (Lipinski definition) is 11. The minimum Gasteiger partial charge on any atom is -0.382 e. The fourth-order valence-corrected chi connectivity index (χ4v) is 3.82. The Morgan fingerprint density at radius 1 is 0.344 bits per heavy atom. The van der Waals surface area contributed by atoms with Crippen LogP contribution in [0.3, 0.4) is 0 Å². The van der Waals surface area contributed by atoms with Gasteiger partial charge in [0.15, 0.2) is 0 Å². The molecule has 0 aromatic rings. The zero-order chi connectivity index (χ0) is 23.6. The second-order valence-corrected chi connectivity index (χ2v) is 9.42. The van der Waals surface area contributed by atoms with Crippen LogP contribution in [-0.2, 0) is 51.2 Å². The molecule has 0 aromatic heterocycles. The summed E-state index contributed by atoms with van der Waals surface area (Å²) in [6.45, 7) is 7.99. The van der Waals surface area contributed by atoms with Crippen LogP contribution in [0.5, 0.6) is 0 Å². The van der Waals surface area contributed by atoms with E-state index >= 15 is 0 Å². The Labute approximate surface area is 194 Å². The molecule has 0 atom stereocenters. The first-order valence-corrected chi connectivity index (χ1v) is 12.9. The quantitative estimate of drug-likeness (QED) is 0.120. The van der Waals surface area contributed by atoms with Gasteiger partial charge >= 0.3 is 8.80 Å². The highest BCUT2D eigenvalue weighted by molar-refractivity contribution is 6.60. The van der Waals surface area contributed by atoms with Crippen molar-refractivity contribution in [2.24, 2.45) is 0 Å². The normalized spacial score (nSPS) is 12.0. The van der Waals surface area contributed by atoms with Gasteiger partial charge in [-0.3, -0.25) is 0 Å². The molecule has 194 valence electrons. The summed E-state index contributed by atoms with van der Waals surface area (Å²) in [5.74, 6) is 0. The van der Waals surface area contributed by atoms with Crippen molar-refractivity contribution in [1.29, 1.82) is 0 Å². The summed E-state index contributed by atoms with van der Waals surface area (Å²) in [7, 11) is 3.85. The average Bonchev–Trinajstić information content (AvgIpc) is 2.82. The molecule has 32 heavy (non-hydrogen) atoms. The molecule has 0 saturated heterocycles. The highest BCUT2D eigenvalue weighted by Crippen LogP contribution is 2.12. The maximum Gasteiger partial charge on any atom is 0.502 e. The van der Waals surface area contributed by atoms with Gasteiger partial charge in [-0.25, -0.2) is 0 Å². The van der Waals surface area contributed by atoms with Crippen LogP contribution >= 0.6 is 0 Å². The second-order valence-electron chi connectivity index (χ2n) is 6.32. The minimum absolute atomic E-state index is 0.498.